The second-order valence-corrected chi connectivity index (χ2v) is 5.88. The van der Waals surface area contributed by atoms with E-state index in [1.807, 2.05) is 19.9 Å². The largest absolute Gasteiger partial charge is 0.383 e. The summed E-state index contributed by atoms with van der Waals surface area (Å²) in [6, 6.07) is 4.03. The van der Waals surface area contributed by atoms with Crippen LogP contribution in [0.5, 0.6) is 0 Å². The van der Waals surface area contributed by atoms with Gasteiger partial charge in [-0.05, 0) is 19.9 Å². The van der Waals surface area contributed by atoms with Crippen LogP contribution in [-0.2, 0) is 5.41 Å². The molecule has 2 aromatic heterocycles. The van der Waals surface area contributed by atoms with E-state index in [2.05, 4.69) is 37.0 Å². The van der Waals surface area contributed by atoms with E-state index in [0.29, 0.717) is 11.3 Å². The third-order valence-electron chi connectivity index (χ3n) is 3.23. The molecule has 2 heterocycles. The number of nitriles is 1. The molecular formula is C15H18N4O. The van der Waals surface area contributed by atoms with E-state index in [-0.39, 0.29) is 11.2 Å². The maximum absolute atomic E-state index is 9.35. The number of aryl methyl sites for hydroxylation is 2. The van der Waals surface area contributed by atoms with Gasteiger partial charge in [0.05, 0.1) is 5.69 Å². The molecule has 2 N–H and O–H groups in total. The fourth-order valence-corrected chi connectivity index (χ4v) is 2.13. The van der Waals surface area contributed by atoms with Crippen molar-refractivity contribution in [3.63, 3.8) is 0 Å². The second kappa shape index (κ2) is 4.64. The van der Waals surface area contributed by atoms with Crippen LogP contribution in [0, 0.1) is 25.2 Å². The first-order chi connectivity index (χ1) is 9.25. The second-order valence-electron chi connectivity index (χ2n) is 5.88. The number of nitrogen functional groups attached to an aromatic ring is 1. The highest BCUT2D eigenvalue weighted by Gasteiger charge is 2.23. The lowest BCUT2D eigenvalue weighted by Crippen LogP contribution is -2.15. The number of hydrogen-bond acceptors (Lipinski definition) is 5. The standard InChI is InChI=1S/C15H18N4O/c1-8-13(9(2)20-19-8)10-6-12(15(3,4)5)18-14(17)11(10)7-16/h6H,1-5H3,(H2,17,18). The molecule has 0 fully saturated rings. The van der Waals surface area contributed by atoms with Crippen LogP contribution < -0.4 is 5.73 Å². The molecule has 5 heteroatoms. The predicted octanol–water partition coefficient (Wildman–Crippen LogP) is 3.10. The van der Waals surface area contributed by atoms with Gasteiger partial charge < -0.3 is 10.3 Å². The summed E-state index contributed by atoms with van der Waals surface area (Å²) in [6.07, 6.45) is 0. The van der Waals surface area contributed by atoms with Gasteiger partial charge in [-0.1, -0.05) is 25.9 Å². The highest BCUT2D eigenvalue weighted by Crippen LogP contribution is 2.34. The van der Waals surface area contributed by atoms with E-state index < -0.39 is 0 Å². The Morgan fingerprint density at radius 3 is 2.40 bits per heavy atom. The lowest BCUT2D eigenvalue weighted by atomic mass is 9.88. The van der Waals surface area contributed by atoms with Crippen LogP contribution in [0.2, 0.25) is 0 Å². The van der Waals surface area contributed by atoms with Gasteiger partial charge in [0, 0.05) is 22.2 Å². The van der Waals surface area contributed by atoms with Crippen molar-refractivity contribution in [2.75, 3.05) is 5.73 Å². The molecule has 0 aliphatic rings. The van der Waals surface area contributed by atoms with Crippen LogP contribution in [0.1, 0.15) is 43.5 Å². The Hall–Kier alpha value is -2.35. The molecule has 20 heavy (non-hydrogen) atoms. The zero-order chi connectivity index (χ0) is 15.1. The highest BCUT2D eigenvalue weighted by atomic mass is 16.5. The Kier molecular flexibility index (Phi) is 3.26. The SMILES string of the molecule is Cc1noc(C)c1-c1cc(C(C)(C)C)nc(N)c1C#N. The lowest BCUT2D eigenvalue weighted by Gasteiger charge is -2.20. The molecule has 0 radical (unpaired) electrons. The average molecular weight is 270 g/mol. The topological polar surface area (TPSA) is 88.7 Å². The molecule has 5 nitrogen and oxygen atoms in total. The number of nitrogens with two attached hydrogens (primary N) is 1. The van der Waals surface area contributed by atoms with Crippen LogP contribution >= 0.6 is 0 Å². The molecule has 0 amide bonds. The number of anilines is 1. The fourth-order valence-electron chi connectivity index (χ4n) is 2.13. The van der Waals surface area contributed by atoms with E-state index in [1.165, 1.54) is 0 Å². The molecule has 0 saturated carbocycles. The molecule has 0 aromatic carbocycles. The van der Waals surface area contributed by atoms with Crippen molar-refractivity contribution in [2.45, 2.75) is 40.0 Å². The Balaban J connectivity index is 2.81. The molecule has 0 aliphatic carbocycles. The summed E-state index contributed by atoms with van der Waals surface area (Å²) in [6.45, 7) is 9.83. The molecule has 104 valence electrons. The monoisotopic (exact) mass is 270 g/mol. The Morgan fingerprint density at radius 1 is 1.30 bits per heavy atom. The van der Waals surface area contributed by atoms with Crippen LogP contribution in [0.25, 0.3) is 11.1 Å². The maximum Gasteiger partial charge on any atom is 0.142 e. The quantitative estimate of drug-likeness (QED) is 0.860. The van der Waals surface area contributed by atoms with Gasteiger partial charge in [-0.25, -0.2) is 4.98 Å². The molecule has 0 saturated heterocycles. The van der Waals surface area contributed by atoms with Crippen molar-refractivity contribution in [1.82, 2.24) is 10.1 Å². The van der Waals surface area contributed by atoms with Gasteiger partial charge in [-0.3, -0.25) is 0 Å². The number of aromatic nitrogens is 2. The third-order valence-corrected chi connectivity index (χ3v) is 3.23. The van der Waals surface area contributed by atoms with E-state index in [4.69, 9.17) is 10.3 Å². The van der Waals surface area contributed by atoms with E-state index >= 15 is 0 Å². The minimum absolute atomic E-state index is 0.157. The first-order valence-corrected chi connectivity index (χ1v) is 6.40. The van der Waals surface area contributed by atoms with Gasteiger partial charge >= 0.3 is 0 Å². The average Bonchev–Trinajstić information content (AvgIpc) is 2.67. The van der Waals surface area contributed by atoms with Crippen LogP contribution in [0.4, 0.5) is 5.82 Å². The highest BCUT2D eigenvalue weighted by molar-refractivity contribution is 5.78. The zero-order valence-electron chi connectivity index (χ0n) is 12.4. The van der Waals surface area contributed by atoms with Gasteiger partial charge in [-0.2, -0.15) is 5.26 Å². The predicted molar refractivity (Wildman–Crippen MR) is 77.0 cm³/mol. The smallest absolute Gasteiger partial charge is 0.142 e. The van der Waals surface area contributed by atoms with Crippen molar-refractivity contribution in [3.05, 3.63) is 28.8 Å². The van der Waals surface area contributed by atoms with Crippen molar-refractivity contribution >= 4 is 5.82 Å². The molecule has 0 bridgehead atoms. The van der Waals surface area contributed by atoms with E-state index in [9.17, 15) is 5.26 Å². The molecule has 0 spiro atoms. The van der Waals surface area contributed by atoms with Crippen molar-refractivity contribution in [3.8, 4) is 17.2 Å². The molecule has 0 atom stereocenters. The van der Waals surface area contributed by atoms with E-state index in [0.717, 1.165) is 22.5 Å². The fraction of sp³-hybridized carbons (Fsp3) is 0.400. The summed E-state index contributed by atoms with van der Waals surface area (Å²) < 4.78 is 5.19. The van der Waals surface area contributed by atoms with Crippen LogP contribution in [0.15, 0.2) is 10.6 Å². The number of rotatable bonds is 1. The van der Waals surface area contributed by atoms with Crippen LogP contribution in [0.3, 0.4) is 0 Å². The van der Waals surface area contributed by atoms with Gasteiger partial charge in [0.15, 0.2) is 0 Å². The Morgan fingerprint density at radius 2 is 1.95 bits per heavy atom. The van der Waals surface area contributed by atoms with Crippen molar-refractivity contribution in [2.24, 2.45) is 0 Å². The van der Waals surface area contributed by atoms with Crippen molar-refractivity contribution in [1.29, 1.82) is 5.26 Å². The minimum Gasteiger partial charge on any atom is -0.383 e. The summed E-state index contributed by atoms with van der Waals surface area (Å²) in [5, 5.41) is 13.3. The summed E-state index contributed by atoms with van der Waals surface area (Å²) in [7, 11) is 0. The van der Waals surface area contributed by atoms with Gasteiger partial charge in [-0.15, -0.1) is 0 Å². The third kappa shape index (κ3) is 2.25. The number of pyridine rings is 1. The number of hydrogen-bond donors (Lipinski definition) is 1. The minimum atomic E-state index is -0.157. The maximum atomic E-state index is 9.35. The summed E-state index contributed by atoms with van der Waals surface area (Å²) in [4.78, 5) is 4.35. The lowest BCUT2D eigenvalue weighted by molar-refractivity contribution is 0.393. The van der Waals surface area contributed by atoms with Gasteiger partial charge in [0.2, 0.25) is 0 Å². The summed E-state index contributed by atoms with van der Waals surface area (Å²) in [5.41, 5.74) is 9.30. The molecule has 0 unspecified atom stereocenters. The Labute approximate surface area is 118 Å². The molecule has 2 aromatic rings. The van der Waals surface area contributed by atoms with Crippen LogP contribution in [-0.4, -0.2) is 10.1 Å². The van der Waals surface area contributed by atoms with E-state index in [1.54, 1.807) is 0 Å². The van der Waals surface area contributed by atoms with Crippen molar-refractivity contribution < 1.29 is 4.52 Å². The normalized spacial score (nSPS) is 11.4. The van der Waals surface area contributed by atoms with Gasteiger partial charge in [0.25, 0.3) is 0 Å². The first kappa shape index (κ1) is 14.1. The first-order valence-electron chi connectivity index (χ1n) is 6.40. The van der Waals surface area contributed by atoms with Gasteiger partial charge in [0.1, 0.15) is 23.2 Å². The molecule has 2 rings (SSSR count). The molecular weight excluding hydrogens is 252 g/mol. The number of nitrogens with zero attached hydrogens (tertiary/aromatic N) is 3. The summed E-state index contributed by atoms with van der Waals surface area (Å²) in [5.74, 6) is 0.916. The zero-order valence-corrected chi connectivity index (χ0v) is 12.4. The summed E-state index contributed by atoms with van der Waals surface area (Å²) >= 11 is 0. The Bertz CT molecular complexity index is 682. The molecule has 0 aliphatic heterocycles.